The van der Waals surface area contributed by atoms with Crippen LogP contribution >= 0.6 is 0 Å². The lowest BCUT2D eigenvalue weighted by atomic mass is 10.0. The zero-order chi connectivity index (χ0) is 19.3. The van der Waals surface area contributed by atoms with Crippen molar-refractivity contribution in [2.24, 2.45) is 0 Å². The Morgan fingerprint density at radius 1 is 0.821 bits per heavy atom. The van der Waals surface area contributed by atoms with Gasteiger partial charge >= 0.3 is 0 Å². The van der Waals surface area contributed by atoms with Gasteiger partial charge in [0.1, 0.15) is 0 Å². The molecule has 0 radical (unpaired) electrons. The van der Waals surface area contributed by atoms with Gasteiger partial charge in [-0.15, -0.1) is 0 Å². The molecule has 4 rings (SSSR count). The maximum absolute atomic E-state index is 12.9. The normalized spacial score (nSPS) is 19.0. The van der Waals surface area contributed by atoms with Gasteiger partial charge in [0.2, 0.25) is 11.8 Å². The molecule has 2 aromatic carbocycles. The summed E-state index contributed by atoms with van der Waals surface area (Å²) in [6.07, 6.45) is 5.76. The number of hydrogen-bond acceptors (Lipinski definition) is 2. The van der Waals surface area contributed by atoms with Gasteiger partial charge in [0.05, 0.1) is 18.9 Å². The number of carbonyl (C=O) groups excluding carboxylic acids is 2. The topological polar surface area (TPSA) is 40.6 Å². The Bertz CT molecular complexity index is 861. The van der Waals surface area contributed by atoms with E-state index in [1.54, 1.807) is 0 Å². The number of hydrogen-bond donors (Lipinski definition) is 0. The highest BCUT2D eigenvalue weighted by atomic mass is 16.2. The molecule has 1 unspecified atom stereocenters. The van der Waals surface area contributed by atoms with Crippen LogP contribution < -0.4 is 0 Å². The van der Waals surface area contributed by atoms with Crippen LogP contribution in [0.4, 0.5) is 0 Å². The van der Waals surface area contributed by atoms with E-state index >= 15 is 0 Å². The van der Waals surface area contributed by atoms with Gasteiger partial charge in [-0.2, -0.15) is 0 Å². The fraction of sp³-hybridized carbons (Fsp3) is 0.333. The molecule has 0 N–H and O–H groups in total. The maximum atomic E-state index is 12.9. The zero-order valence-corrected chi connectivity index (χ0v) is 16.1. The van der Waals surface area contributed by atoms with E-state index in [0.717, 1.165) is 43.5 Å². The van der Waals surface area contributed by atoms with Crippen LogP contribution in [0, 0.1) is 0 Å². The summed E-state index contributed by atoms with van der Waals surface area (Å²) in [5, 5.41) is 0. The molecule has 0 saturated carbocycles. The van der Waals surface area contributed by atoms with E-state index in [-0.39, 0.29) is 17.9 Å². The van der Waals surface area contributed by atoms with Crippen molar-refractivity contribution in [2.75, 3.05) is 13.1 Å². The van der Waals surface area contributed by atoms with E-state index in [1.165, 1.54) is 5.57 Å². The first-order valence-corrected chi connectivity index (χ1v) is 10.1. The van der Waals surface area contributed by atoms with Gasteiger partial charge in [-0.1, -0.05) is 60.7 Å². The van der Waals surface area contributed by atoms with Crippen molar-refractivity contribution < 1.29 is 9.59 Å². The first-order valence-electron chi connectivity index (χ1n) is 10.1. The molecule has 0 bridgehead atoms. The van der Waals surface area contributed by atoms with Crippen LogP contribution in [-0.2, 0) is 22.4 Å². The second kappa shape index (κ2) is 8.42. The van der Waals surface area contributed by atoms with Gasteiger partial charge in [-0.05, 0) is 36.0 Å². The van der Waals surface area contributed by atoms with Gasteiger partial charge in [-0.3, -0.25) is 9.59 Å². The summed E-state index contributed by atoms with van der Waals surface area (Å²) in [4.78, 5) is 29.3. The summed E-state index contributed by atoms with van der Waals surface area (Å²) in [7, 11) is 0. The average molecular weight is 374 g/mol. The van der Waals surface area contributed by atoms with Crippen LogP contribution in [0.25, 0.3) is 0 Å². The molecule has 2 aromatic rings. The summed E-state index contributed by atoms with van der Waals surface area (Å²) < 4.78 is 0. The number of rotatable bonds is 5. The number of likely N-dealkylation sites (tertiary alicyclic amines) is 1. The van der Waals surface area contributed by atoms with E-state index in [2.05, 4.69) is 0 Å². The monoisotopic (exact) mass is 374 g/mol. The SMILES string of the molecule is O=C(Cc1ccccc1)N1C=C(C2CCCN2C(=O)Cc2ccccc2)CC1. The van der Waals surface area contributed by atoms with E-state index < -0.39 is 0 Å². The number of amides is 2. The summed E-state index contributed by atoms with van der Waals surface area (Å²) in [5.74, 6) is 0.310. The highest BCUT2D eigenvalue weighted by molar-refractivity contribution is 5.81. The molecule has 0 spiro atoms. The van der Waals surface area contributed by atoms with Crippen LogP contribution in [0.15, 0.2) is 72.4 Å². The van der Waals surface area contributed by atoms with E-state index in [9.17, 15) is 9.59 Å². The van der Waals surface area contributed by atoms with Crippen molar-refractivity contribution in [2.45, 2.75) is 38.1 Å². The highest BCUT2D eigenvalue weighted by Gasteiger charge is 2.33. The van der Waals surface area contributed by atoms with Crippen LogP contribution in [0.3, 0.4) is 0 Å². The van der Waals surface area contributed by atoms with Gasteiger partial charge in [0.25, 0.3) is 0 Å². The molecule has 2 amide bonds. The lowest BCUT2D eigenvalue weighted by Gasteiger charge is -2.25. The first-order chi connectivity index (χ1) is 13.7. The summed E-state index contributed by atoms with van der Waals surface area (Å²) in [5.41, 5.74) is 3.31. The van der Waals surface area contributed by atoms with Crippen molar-refractivity contribution in [3.05, 3.63) is 83.6 Å². The minimum atomic E-state index is 0.126. The third-order valence-corrected chi connectivity index (χ3v) is 5.68. The second-order valence-electron chi connectivity index (χ2n) is 7.61. The average Bonchev–Trinajstić information content (AvgIpc) is 3.39. The summed E-state index contributed by atoms with van der Waals surface area (Å²) >= 11 is 0. The van der Waals surface area contributed by atoms with Gasteiger partial charge in [0, 0.05) is 19.3 Å². The fourth-order valence-corrected chi connectivity index (χ4v) is 4.22. The molecule has 144 valence electrons. The van der Waals surface area contributed by atoms with Crippen molar-refractivity contribution in [1.29, 1.82) is 0 Å². The Hall–Kier alpha value is -2.88. The molecule has 28 heavy (non-hydrogen) atoms. The van der Waals surface area contributed by atoms with Crippen LogP contribution in [0.1, 0.15) is 30.4 Å². The van der Waals surface area contributed by atoms with Gasteiger partial charge in [0.15, 0.2) is 0 Å². The van der Waals surface area contributed by atoms with Crippen molar-refractivity contribution >= 4 is 11.8 Å². The molecule has 0 aliphatic carbocycles. The molecular formula is C24H26N2O2. The lowest BCUT2D eigenvalue weighted by molar-refractivity contribution is -0.130. The Morgan fingerprint density at radius 3 is 2.07 bits per heavy atom. The van der Waals surface area contributed by atoms with Crippen molar-refractivity contribution in [1.82, 2.24) is 9.80 Å². The van der Waals surface area contributed by atoms with Crippen LogP contribution in [0.2, 0.25) is 0 Å². The van der Waals surface area contributed by atoms with Crippen LogP contribution in [-0.4, -0.2) is 40.7 Å². The Balaban J connectivity index is 1.41. The molecule has 1 fully saturated rings. The summed E-state index contributed by atoms with van der Waals surface area (Å²) in [6, 6.07) is 19.9. The first kappa shape index (κ1) is 18.5. The molecule has 2 aliphatic rings. The molecule has 1 saturated heterocycles. The third-order valence-electron chi connectivity index (χ3n) is 5.68. The molecular weight excluding hydrogens is 348 g/mol. The molecule has 0 aromatic heterocycles. The highest BCUT2D eigenvalue weighted by Crippen LogP contribution is 2.30. The van der Waals surface area contributed by atoms with Gasteiger partial charge < -0.3 is 9.80 Å². The number of carbonyl (C=O) groups is 2. The largest absolute Gasteiger partial charge is 0.336 e. The van der Waals surface area contributed by atoms with Crippen LogP contribution in [0.5, 0.6) is 0 Å². The Morgan fingerprint density at radius 2 is 1.43 bits per heavy atom. The minimum Gasteiger partial charge on any atom is -0.336 e. The minimum absolute atomic E-state index is 0.126. The quantitative estimate of drug-likeness (QED) is 0.803. The molecule has 1 atom stereocenters. The summed E-state index contributed by atoms with van der Waals surface area (Å²) in [6.45, 7) is 1.53. The van der Waals surface area contributed by atoms with E-state index in [1.807, 2.05) is 76.7 Å². The zero-order valence-electron chi connectivity index (χ0n) is 16.1. The lowest BCUT2D eigenvalue weighted by Crippen LogP contribution is -2.37. The van der Waals surface area contributed by atoms with Crippen molar-refractivity contribution in [3.8, 4) is 0 Å². The molecule has 4 nitrogen and oxygen atoms in total. The van der Waals surface area contributed by atoms with Gasteiger partial charge in [-0.25, -0.2) is 0 Å². The maximum Gasteiger partial charge on any atom is 0.230 e. The fourth-order valence-electron chi connectivity index (χ4n) is 4.22. The Labute approximate surface area is 166 Å². The third kappa shape index (κ3) is 4.16. The predicted octanol–water partition coefficient (Wildman–Crippen LogP) is 3.58. The number of nitrogens with zero attached hydrogens (tertiary/aromatic N) is 2. The Kier molecular flexibility index (Phi) is 5.56. The second-order valence-corrected chi connectivity index (χ2v) is 7.61. The smallest absolute Gasteiger partial charge is 0.230 e. The molecule has 4 heteroatoms. The number of benzene rings is 2. The van der Waals surface area contributed by atoms with E-state index in [4.69, 9.17) is 0 Å². The molecule has 2 heterocycles. The standard InChI is InChI=1S/C24H26N2O2/c27-23(16-19-8-3-1-4-9-19)25-15-13-21(18-25)22-12-7-14-26(22)24(28)17-20-10-5-2-6-11-20/h1-6,8-11,18,22H,7,12-17H2. The predicted molar refractivity (Wildman–Crippen MR) is 109 cm³/mol. The van der Waals surface area contributed by atoms with E-state index in [0.29, 0.717) is 12.8 Å². The van der Waals surface area contributed by atoms with Crippen molar-refractivity contribution in [3.63, 3.8) is 0 Å². The molecule has 2 aliphatic heterocycles.